The molecule has 1 unspecified atom stereocenters. The van der Waals surface area contributed by atoms with E-state index >= 15 is 0 Å². The van der Waals surface area contributed by atoms with Gasteiger partial charge in [0.2, 0.25) is 0 Å². The fourth-order valence-corrected chi connectivity index (χ4v) is 3.42. The van der Waals surface area contributed by atoms with E-state index in [2.05, 4.69) is 20.8 Å². The maximum absolute atomic E-state index is 12.6. The molecule has 2 aliphatic rings. The lowest BCUT2D eigenvalue weighted by molar-refractivity contribution is 0.0572. The number of carbonyl (C=O) groups is 1. The van der Waals surface area contributed by atoms with Gasteiger partial charge in [-0.15, -0.1) is 0 Å². The minimum atomic E-state index is 0.0605. The molecule has 19 heavy (non-hydrogen) atoms. The molecule has 2 N–H and O–H groups in total. The van der Waals surface area contributed by atoms with Crippen molar-refractivity contribution in [3.63, 3.8) is 0 Å². The molecular weight excluding hydrogens is 306 g/mol. The second-order valence-electron chi connectivity index (χ2n) is 5.31. The third-order valence-corrected chi connectivity index (χ3v) is 4.61. The van der Waals surface area contributed by atoms with Gasteiger partial charge in [-0.1, -0.05) is 15.9 Å². The molecule has 2 fully saturated rings. The molecule has 2 saturated heterocycles. The molecule has 5 heteroatoms. The SMILES string of the molecule is Nc1ccc(Br)cc1C(=O)N1CCN2CCCC2C1. The van der Waals surface area contributed by atoms with Crippen LogP contribution in [0.3, 0.4) is 0 Å². The van der Waals surface area contributed by atoms with Crippen LogP contribution in [0.5, 0.6) is 0 Å². The zero-order chi connectivity index (χ0) is 13.4. The highest BCUT2D eigenvalue weighted by atomic mass is 79.9. The summed E-state index contributed by atoms with van der Waals surface area (Å²) in [6.45, 7) is 3.82. The highest BCUT2D eigenvalue weighted by molar-refractivity contribution is 9.10. The summed E-state index contributed by atoms with van der Waals surface area (Å²) in [5.41, 5.74) is 7.09. The molecule has 0 aromatic heterocycles. The smallest absolute Gasteiger partial charge is 0.256 e. The van der Waals surface area contributed by atoms with Crippen LogP contribution in [0.25, 0.3) is 0 Å². The molecule has 0 aliphatic carbocycles. The Kier molecular flexibility index (Phi) is 3.50. The van der Waals surface area contributed by atoms with Crippen LogP contribution in [0.15, 0.2) is 22.7 Å². The molecule has 0 bridgehead atoms. The summed E-state index contributed by atoms with van der Waals surface area (Å²) in [7, 11) is 0. The molecule has 1 aromatic rings. The van der Waals surface area contributed by atoms with Gasteiger partial charge in [-0.3, -0.25) is 9.69 Å². The average Bonchev–Trinajstić information content (AvgIpc) is 2.88. The summed E-state index contributed by atoms with van der Waals surface area (Å²) < 4.78 is 0.893. The molecule has 1 atom stereocenters. The van der Waals surface area contributed by atoms with E-state index in [4.69, 9.17) is 5.73 Å². The van der Waals surface area contributed by atoms with E-state index in [-0.39, 0.29) is 5.91 Å². The summed E-state index contributed by atoms with van der Waals surface area (Å²) >= 11 is 3.40. The van der Waals surface area contributed by atoms with Gasteiger partial charge in [0.05, 0.1) is 5.56 Å². The van der Waals surface area contributed by atoms with Crippen molar-refractivity contribution in [1.29, 1.82) is 0 Å². The second kappa shape index (κ2) is 5.13. The first-order valence-electron chi connectivity index (χ1n) is 6.73. The van der Waals surface area contributed by atoms with Crippen LogP contribution in [0.2, 0.25) is 0 Å². The van der Waals surface area contributed by atoms with Crippen molar-refractivity contribution >= 4 is 27.5 Å². The lowest BCUT2D eigenvalue weighted by Gasteiger charge is -2.37. The lowest BCUT2D eigenvalue weighted by atomic mass is 10.1. The van der Waals surface area contributed by atoms with Gasteiger partial charge in [0, 0.05) is 35.8 Å². The van der Waals surface area contributed by atoms with E-state index in [0.29, 0.717) is 17.3 Å². The van der Waals surface area contributed by atoms with Crippen LogP contribution in [0.1, 0.15) is 23.2 Å². The standard InChI is InChI=1S/C14H18BrN3O/c15-10-3-4-13(16)12(8-10)14(19)18-7-6-17-5-1-2-11(17)9-18/h3-4,8,11H,1-2,5-7,9,16H2. The number of nitrogen functional groups attached to an aromatic ring is 1. The Bertz CT molecular complexity index is 505. The van der Waals surface area contributed by atoms with Crippen LogP contribution in [-0.4, -0.2) is 47.9 Å². The van der Waals surface area contributed by atoms with Crippen molar-refractivity contribution in [2.75, 3.05) is 31.9 Å². The van der Waals surface area contributed by atoms with E-state index in [9.17, 15) is 4.79 Å². The van der Waals surface area contributed by atoms with Crippen molar-refractivity contribution in [1.82, 2.24) is 9.80 Å². The van der Waals surface area contributed by atoms with Crippen LogP contribution in [-0.2, 0) is 0 Å². The van der Waals surface area contributed by atoms with Crippen LogP contribution < -0.4 is 5.73 Å². The van der Waals surface area contributed by atoms with Crippen molar-refractivity contribution in [2.24, 2.45) is 0 Å². The van der Waals surface area contributed by atoms with Gasteiger partial charge in [-0.05, 0) is 37.6 Å². The number of fused-ring (bicyclic) bond motifs is 1. The molecule has 3 rings (SSSR count). The molecule has 4 nitrogen and oxygen atoms in total. The van der Waals surface area contributed by atoms with Gasteiger partial charge in [0.1, 0.15) is 0 Å². The van der Waals surface area contributed by atoms with Gasteiger partial charge < -0.3 is 10.6 Å². The molecule has 0 spiro atoms. The summed E-state index contributed by atoms with van der Waals surface area (Å²) in [4.78, 5) is 17.0. The molecular formula is C14H18BrN3O. The van der Waals surface area contributed by atoms with Crippen LogP contribution in [0.4, 0.5) is 5.69 Å². The monoisotopic (exact) mass is 323 g/mol. The van der Waals surface area contributed by atoms with E-state index in [1.165, 1.54) is 19.4 Å². The van der Waals surface area contributed by atoms with Crippen molar-refractivity contribution in [2.45, 2.75) is 18.9 Å². The Morgan fingerprint density at radius 2 is 2.16 bits per heavy atom. The Morgan fingerprint density at radius 3 is 3.00 bits per heavy atom. The predicted molar refractivity (Wildman–Crippen MR) is 79.1 cm³/mol. The molecule has 1 aromatic carbocycles. The van der Waals surface area contributed by atoms with Crippen molar-refractivity contribution in [3.05, 3.63) is 28.2 Å². The van der Waals surface area contributed by atoms with E-state index in [1.807, 2.05) is 17.0 Å². The number of anilines is 1. The third-order valence-electron chi connectivity index (χ3n) is 4.12. The van der Waals surface area contributed by atoms with Crippen LogP contribution >= 0.6 is 15.9 Å². The first-order valence-corrected chi connectivity index (χ1v) is 7.53. The first kappa shape index (κ1) is 12.9. The number of hydrogen-bond acceptors (Lipinski definition) is 3. The van der Waals surface area contributed by atoms with Gasteiger partial charge in [0.25, 0.3) is 5.91 Å². The molecule has 1 amide bonds. The fraction of sp³-hybridized carbons (Fsp3) is 0.500. The second-order valence-corrected chi connectivity index (χ2v) is 6.23. The molecule has 0 radical (unpaired) electrons. The Hall–Kier alpha value is -1.07. The Balaban J connectivity index is 1.78. The maximum Gasteiger partial charge on any atom is 0.256 e. The number of piperazine rings is 1. The highest BCUT2D eigenvalue weighted by Crippen LogP contribution is 2.25. The maximum atomic E-state index is 12.6. The number of halogens is 1. The number of rotatable bonds is 1. The van der Waals surface area contributed by atoms with Gasteiger partial charge in [-0.2, -0.15) is 0 Å². The Morgan fingerprint density at radius 1 is 1.32 bits per heavy atom. The first-order chi connectivity index (χ1) is 9.15. The summed E-state index contributed by atoms with van der Waals surface area (Å²) in [6.07, 6.45) is 2.46. The quantitative estimate of drug-likeness (QED) is 0.804. The molecule has 0 saturated carbocycles. The Labute approximate surface area is 121 Å². The average molecular weight is 324 g/mol. The van der Waals surface area contributed by atoms with Gasteiger partial charge in [0.15, 0.2) is 0 Å². The summed E-state index contributed by atoms with van der Waals surface area (Å²) in [5.74, 6) is 0.0605. The topological polar surface area (TPSA) is 49.6 Å². The van der Waals surface area contributed by atoms with E-state index in [0.717, 1.165) is 24.1 Å². The van der Waals surface area contributed by atoms with E-state index in [1.54, 1.807) is 6.07 Å². The van der Waals surface area contributed by atoms with Crippen molar-refractivity contribution in [3.8, 4) is 0 Å². The number of carbonyl (C=O) groups excluding carboxylic acids is 1. The number of nitrogens with zero attached hydrogens (tertiary/aromatic N) is 2. The molecule has 2 aliphatic heterocycles. The number of nitrogens with two attached hydrogens (primary N) is 1. The molecule has 2 heterocycles. The lowest BCUT2D eigenvalue weighted by Crippen LogP contribution is -2.52. The number of benzene rings is 1. The largest absolute Gasteiger partial charge is 0.398 e. The highest BCUT2D eigenvalue weighted by Gasteiger charge is 2.33. The van der Waals surface area contributed by atoms with Crippen LogP contribution in [0, 0.1) is 0 Å². The number of amides is 1. The predicted octanol–water partition coefficient (Wildman–Crippen LogP) is 1.95. The molecule has 102 valence electrons. The van der Waals surface area contributed by atoms with Gasteiger partial charge >= 0.3 is 0 Å². The summed E-state index contributed by atoms with van der Waals surface area (Å²) in [5, 5.41) is 0. The number of hydrogen-bond donors (Lipinski definition) is 1. The normalized spacial score (nSPS) is 23.4. The third kappa shape index (κ3) is 2.49. The minimum Gasteiger partial charge on any atom is -0.398 e. The minimum absolute atomic E-state index is 0.0605. The zero-order valence-electron chi connectivity index (χ0n) is 10.8. The van der Waals surface area contributed by atoms with E-state index < -0.39 is 0 Å². The van der Waals surface area contributed by atoms with Gasteiger partial charge in [-0.25, -0.2) is 0 Å². The summed E-state index contributed by atoms with van der Waals surface area (Å²) in [6, 6.07) is 6.01. The zero-order valence-corrected chi connectivity index (χ0v) is 12.4. The van der Waals surface area contributed by atoms with Crippen molar-refractivity contribution < 1.29 is 4.79 Å². The fourth-order valence-electron chi connectivity index (χ4n) is 3.06.